The quantitative estimate of drug-likeness (QED) is 0.645. The summed E-state index contributed by atoms with van der Waals surface area (Å²) in [5.74, 6) is -0.0944. The number of alkyl halides is 3. The fraction of sp³-hybridized carbons (Fsp3) is 0.545. The number of nitrogens with one attached hydrogen (secondary N) is 1. The van der Waals surface area contributed by atoms with Gasteiger partial charge in [0.05, 0.1) is 11.6 Å². The van der Waals surface area contributed by atoms with Crippen molar-refractivity contribution in [2.45, 2.75) is 56.8 Å². The zero-order chi connectivity index (χ0) is 24.4. The first-order valence-corrected chi connectivity index (χ1v) is 12.3. The molecule has 1 aromatic carbocycles. The van der Waals surface area contributed by atoms with E-state index in [0.29, 0.717) is 37.1 Å². The van der Waals surface area contributed by atoms with E-state index in [1.54, 1.807) is 24.6 Å². The Labute approximate surface area is 192 Å². The predicted molar refractivity (Wildman–Crippen MR) is 117 cm³/mol. The molecule has 3 rings (SSSR count). The number of aromatic nitrogens is 2. The highest BCUT2D eigenvalue weighted by molar-refractivity contribution is 7.89. The van der Waals surface area contributed by atoms with E-state index >= 15 is 0 Å². The van der Waals surface area contributed by atoms with Gasteiger partial charge in [0.25, 0.3) is 10.0 Å². The minimum Gasteiger partial charge on any atom is -0.349 e. The van der Waals surface area contributed by atoms with Gasteiger partial charge >= 0.3 is 6.18 Å². The molecule has 2 heterocycles. The van der Waals surface area contributed by atoms with Crippen LogP contribution in [0, 0.1) is 12.8 Å². The summed E-state index contributed by atoms with van der Waals surface area (Å²) >= 11 is 0. The van der Waals surface area contributed by atoms with E-state index in [-0.39, 0.29) is 24.0 Å². The Bertz CT molecular complexity index is 1070. The highest BCUT2D eigenvalue weighted by Gasteiger charge is 2.35. The first-order chi connectivity index (χ1) is 15.4. The molecule has 1 atom stereocenters. The third kappa shape index (κ3) is 5.75. The summed E-state index contributed by atoms with van der Waals surface area (Å²) in [5, 5.41) is 2.87. The van der Waals surface area contributed by atoms with Gasteiger partial charge in [0.2, 0.25) is 5.91 Å². The minimum absolute atomic E-state index is 0.0158. The van der Waals surface area contributed by atoms with Crippen LogP contribution in [0.4, 0.5) is 13.2 Å². The Kier molecular flexibility index (Phi) is 7.52. The van der Waals surface area contributed by atoms with Crippen LogP contribution in [0.5, 0.6) is 0 Å². The van der Waals surface area contributed by atoms with Crippen LogP contribution in [0.15, 0.2) is 35.5 Å². The first-order valence-electron chi connectivity index (χ1n) is 10.9. The van der Waals surface area contributed by atoms with Crippen LogP contribution in [0.25, 0.3) is 0 Å². The molecule has 1 aromatic heterocycles. The van der Waals surface area contributed by atoms with Gasteiger partial charge in [0, 0.05) is 32.3 Å². The molecule has 33 heavy (non-hydrogen) atoms. The van der Waals surface area contributed by atoms with Gasteiger partial charge in [-0.2, -0.15) is 17.5 Å². The number of hydrogen-bond donors (Lipinski definition) is 1. The van der Waals surface area contributed by atoms with Crippen LogP contribution in [0.2, 0.25) is 0 Å². The van der Waals surface area contributed by atoms with Gasteiger partial charge in [-0.3, -0.25) is 4.79 Å². The molecule has 1 unspecified atom stereocenters. The van der Waals surface area contributed by atoms with Gasteiger partial charge < -0.3 is 9.88 Å². The molecule has 11 heteroatoms. The van der Waals surface area contributed by atoms with Crippen LogP contribution in [0.1, 0.15) is 55.6 Å². The molecule has 2 aromatic rings. The number of benzene rings is 1. The zero-order valence-electron chi connectivity index (χ0n) is 18.9. The Balaban J connectivity index is 1.66. The van der Waals surface area contributed by atoms with Crippen molar-refractivity contribution in [1.29, 1.82) is 0 Å². The van der Waals surface area contributed by atoms with Gasteiger partial charge in [-0.1, -0.05) is 25.5 Å². The van der Waals surface area contributed by atoms with Crippen molar-refractivity contribution >= 4 is 15.9 Å². The maximum Gasteiger partial charge on any atom is 0.416 e. The van der Waals surface area contributed by atoms with E-state index in [2.05, 4.69) is 10.3 Å². The summed E-state index contributed by atoms with van der Waals surface area (Å²) in [6.07, 6.45) is -1.15. The number of piperidine rings is 1. The summed E-state index contributed by atoms with van der Waals surface area (Å²) in [6.45, 7) is 3.97. The molecule has 1 fully saturated rings. The maximum atomic E-state index is 13.1. The van der Waals surface area contributed by atoms with Gasteiger partial charge in [0.1, 0.15) is 5.82 Å². The standard InChI is InChI=1S/C22H29F3N4O3S/c1-4-6-19(17-7-5-8-18(13-17)22(23,24)25)27-21(30)16-9-11-29(12-10-16)33(31,32)20-14-28(3)15(2)26-20/h5,7-8,13-14,16,19H,4,6,9-12H2,1-3H3,(H,27,30). The Hall–Kier alpha value is -2.40. The van der Waals surface area contributed by atoms with E-state index in [4.69, 9.17) is 0 Å². The molecular weight excluding hydrogens is 457 g/mol. The van der Waals surface area contributed by atoms with Gasteiger partial charge in [-0.15, -0.1) is 0 Å². The van der Waals surface area contributed by atoms with E-state index in [1.165, 1.54) is 16.6 Å². The Morgan fingerprint density at radius 3 is 2.48 bits per heavy atom. The molecule has 0 radical (unpaired) electrons. The first kappa shape index (κ1) is 25.2. The number of halogens is 3. The SMILES string of the molecule is CCCC(NC(=O)C1CCN(S(=O)(=O)c2cn(C)c(C)n2)CC1)c1cccc(C(F)(F)F)c1. The van der Waals surface area contributed by atoms with Gasteiger partial charge in [-0.05, 0) is 43.9 Å². The van der Waals surface area contributed by atoms with Gasteiger partial charge in [-0.25, -0.2) is 13.4 Å². The largest absolute Gasteiger partial charge is 0.416 e. The van der Waals surface area contributed by atoms with E-state index in [9.17, 15) is 26.4 Å². The molecule has 0 aliphatic carbocycles. The highest BCUT2D eigenvalue weighted by Crippen LogP contribution is 2.32. The maximum absolute atomic E-state index is 13.1. The summed E-state index contributed by atoms with van der Waals surface area (Å²) in [4.78, 5) is 17.0. The Morgan fingerprint density at radius 2 is 1.94 bits per heavy atom. The lowest BCUT2D eigenvalue weighted by molar-refractivity contribution is -0.137. The normalized spacial score (nSPS) is 17.2. The molecule has 1 aliphatic heterocycles. The van der Waals surface area contributed by atoms with Crippen LogP contribution in [-0.4, -0.2) is 41.3 Å². The average molecular weight is 487 g/mol. The highest BCUT2D eigenvalue weighted by atomic mass is 32.2. The smallest absolute Gasteiger partial charge is 0.349 e. The molecular formula is C22H29F3N4O3S. The molecule has 1 saturated heterocycles. The van der Waals surface area contributed by atoms with Crippen LogP contribution in [-0.2, 0) is 28.0 Å². The second-order valence-electron chi connectivity index (χ2n) is 8.39. The van der Waals surface area contributed by atoms with E-state index in [0.717, 1.165) is 12.1 Å². The van der Waals surface area contributed by atoms with Crippen molar-refractivity contribution < 1.29 is 26.4 Å². The molecule has 0 bridgehead atoms. The monoisotopic (exact) mass is 486 g/mol. The molecule has 0 spiro atoms. The van der Waals surface area contributed by atoms with E-state index < -0.39 is 33.7 Å². The molecule has 182 valence electrons. The second kappa shape index (κ2) is 9.84. The minimum atomic E-state index is -4.46. The summed E-state index contributed by atoms with van der Waals surface area (Å²) in [6, 6.07) is 4.47. The van der Waals surface area contributed by atoms with Crippen LogP contribution >= 0.6 is 0 Å². The molecule has 1 amide bonds. The lowest BCUT2D eigenvalue weighted by Crippen LogP contribution is -2.43. The van der Waals surface area contributed by atoms with Crippen LogP contribution in [0.3, 0.4) is 0 Å². The fourth-order valence-electron chi connectivity index (χ4n) is 3.97. The van der Waals surface area contributed by atoms with Crippen molar-refractivity contribution in [3.8, 4) is 0 Å². The number of nitrogens with zero attached hydrogens (tertiary/aromatic N) is 3. The Morgan fingerprint density at radius 1 is 1.27 bits per heavy atom. The topological polar surface area (TPSA) is 84.3 Å². The number of hydrogen-bond acceptors (Lipinski definition) is 4. The van der Waals surface area contributed by atoms with Crippen LogP contribution < -0.4 is 5.32 Å². The fourth-order valence-corrected chi connectivity index (χ4v) is 5.47. The predicted octanol–water partition coefficient (Wildman–Crippen LogP) is 3.81. The summed E-state index contributed by atoms with van der Waals surface area (Å²) in [5.41, 5.74) is -0.343. The summed E-state index contributed by atoms with van der Waals surface area (Å²) < 4.78 is 68.0. The molecule has 1 aliphatic rings. The molecule has 7 nitrogen and oxygen atoms in total. The van der Waals surface area contributed by atoms with Crippen molar-refractivity contribution in [2.75, 3.05) is 13.1 Å². The number of imidazole rings is 1. The number of carbonyl (C=O) groups is 1. The van der Waals surface area contributed by atoms with Gasteiger partial charge in [0.15, 0.2) is 5.03 Å². The van der Waals surface area contributed by atoms with Crippen molar-refractivity contribution in [3.05, 3.63) is 47.4 Å². The summed E-state index contributed by atoms with van der Waals surface area (Å²) in [7, 11) is -2.03. The molecule has 1 N–H and O–H groups in total. The number of sulfonamides is 1. The number of rotatable bonds is 7. The van der Waals surface area contributed by atoms with Crippen molar-refractivity contribution in [1.82, 2.24) is 19.2 Å². The van der Waals surface area contributed by atoms with Crippen molar-refractivity contribution in [3.63, 3.8) is 0 Å². The van der Waals surface area contributed by atoms with Crippen molar-refractivity contribution in [2.24, 2.45) is 13.0 Å². The number of aryl methyl sites for hydroxylation is 2. The third-order valence-electron chi connectivity index (χ3n) is 6.03. The molecule has 0 saturated carbocycles. The average Bonchev–Trinajstić information content (AvgIpc) is 3.12. The number of amides is 1. The third-order valence-corrected chi connectivity index (χ3v) is 7.80. The second-order valence-corrected chi connectivity index (χ2v) is 10.3. The van der Waals surface area contributed by atoms with E-state index in [1.807, 2.05) is 6.92 Å². The lowest BCUT2D eigenvalue weighted by Gasteiger charge is -2.31. The number of carbonyl (C=O) groups excluding carboxylic acids is 1. The lowest BCUT2D eigenvalue weighted by atomic mass is 9.95. The zero-order valence-corrected chi connectivity index (χ0v) is 19.7.